The van der Waals surface area contributed by atoms with E-state index in [1.807, 2.05) is 0 Å². The molecular formula is C40H49BrN6O9S. The number of hydrogen-bond donors (Lipinski definition) is 4. The third kappa shape index (κ3) is 8.88. The first-order valence-corrected chi connectivity index (χ1v) is 20.7. The number of hydrogen-bond acceptors (Lipinski definition) is 11. The Labute approximate surface area is 343 Å². The fourth-order valence-electron chi connectivity index (χ4n) is 7.29. The maximum absolute atomic E-state index is 14.6. The molecule has 1 aromatic carbocycles. The first kappa shape index (κ1) is 41.9. The number of likely N-dealkylation sites (tertiary alicyclic amines) is 1. The van der Waals surface area contributed by atoms with E-state index in [4.69, 9.17) is 19.2 Å². The molecule has 5 atom stereocenters. The van der Waals surface area contributed by atoms with Crippen molar-refractivity contribution in [3.8, 4) is 22.9 Å². The second-order valence-electron chi connectivity index (χ2n) is 16.2. The Morgan fingerprint density at radius 1 is 1.09 bits per heavy atom. The predicted molar refractivity (Wildman–Crippen MR) is 217 cm³/mol. The van der Waals surface area contributed by atoms with Crippen LogP contribution in [0.15, 0.2) is 40.7 Å². The van der Waals surface area contributed by atoms with Gasteiger partial charge in [-0.25, -0.2) is 19.6 Å². The molecule has 2 aliphatic carbocycles. The number of carbonyl (C=O) groups is 5. The standard InChI is InChI=1S/C40H49BrN6O9S/c1-8-21-17-40(21,36(51)52)46-34(49)27-15-23(18-47(27)35(50)32(39(4,5)6)44-38(53)56-22-11-9-10-12-22)55-29-16-25(26-19-57-37(43-26)45-33(48)20(2)3)42-31-24(29)13-14-28(54-7)30(31)41/h8,13-14,16,19-23,27,32H,1,9-12,15,17-18H2,2-7H3,(H,44,53)(H,46,49)(H,51,52)(H,43,45,48)/t21?,23?,27?,32?,40-/m1/s1. The molecule has 2 aromatic heterocycles. The summed E-state index contributed by atoms with van der Waals surface area (Å²) in [5.74, 6) is -2.40. The smallest absolute Gasteiger partial charge is 0.408 e. The fourth-order valence-corrected chi connectivity index (χ4v) is 8.59. The van der Waals surface area contributed by atoms with Gasteiger partial charge in [0.1, 0.15) is 47.0 Å². The van der Waals surface area contributed by atoms with Crippen LogP contribution in [-0.2, 0) is 23.9 Å². The minimum atomic E-state index is -1.54. The number of pyridine rings is 1. The summed E-state index contributed by atoms with van der Waals surface area (Å²) in [5.41, 5.74) is -0.945. The molecule has 2 saturated carbocycles. The summed E-state index contributed by atoms with van der Waals surface area (Å²) in [5, 5.41) is 21.2. The van der Waals surface area contributed by atoms with E-state index in [0.29, 0.717) is 43.4 Å². The van der Waals surface area contributed by atoms with Gasteiger partial charge in [-0.2, -0.15) is 0 Å². The van der Waals surface area contributed by atoms with E-state index >= 15 is 0 Å². The molecule has 4 N–H and O–H groups in total. The first-order chi connectivity index (χ1) is 26.9. The van der Waals surface area contributed by atoms with Crippen LogP contribution < -0.4 is 25.4 Å². The van der Waals surface area contributed by atoms with Crippen LogP contribution >= 0.6 is 27.3 Å². The lowest BCUT2D eigenvalue weighted by Crippen LogP contribution is -2.59. The highest BCUT2D eigenvalue weighted by atomic mass is 79.9. The molecule has 4 unspecified atom stereocenters. The topological polar surface area (TPSA) is 198 Å². The Morgan fingerprint density at radius 2 is 1.81 bits per heavy atom. The molecule has 4 amide bonds. The van der Waals surface area contributed by atoms with Gasteiger partial charge in [-0.3, -0.25) is 14.4 Å². The predicted octanol–water partition coefficient (Wildman–Crippen LogP) is 6.30. The average molecular weight is 870 g/mol. The Kier molecular flexibility index (Phi) is 12.2. The molecule has 3 aliphatic rings. The summed E-state index contributed by atoms with van der Waals surface area (Å²) in [4.78, 5) is 77.5. The molecule has 0 bridgehead atoms. The maximum Gasteiger partial charge on any atom is 0.408 e. The van der Waals surface area contributed by atoms with E-state index < -0.39 is 58.9 Å². The van der Waals surface area contributed by atoms with Crippen molar-refractivity contribution >= 4 is 73.1 Å². The summed E-state index contributed by atoms with van der Waals surface area (Å²) in [6.07, 6.45) is 3.37. The van der Waals surface area contributed by atoms with Crippen LogP contribution in [0.1, 0.15) is 73.1 Å². The van der Waals surface area contributed by atoms with Gasteiger partial charge in [-0.15, -0.1) is 17.9 Å². The number of amides is 4. The lowest BCUT2D eigenvalue weighted by molar-refractivity contribution is -0.146. The van der Waals surface area contributed by atoms with Crippen LogP contribution in [0.4, 0.5) is 9.93 Å². The molecule has 15 nitrogen and oxygen atoms in total. The molecule has 0 spiro atoms. The van der Waals surface area contributed by atoms with Gasteiger partial charge in [-0.1, -0.05) is 40.7 Å². The Balaban J connectivity index is 1.34. The van der Waals surface area contributed by atoms with Crippen LogP contribution in [0.2, 0.25) is 0 Å². The number of carbonyl (C=O) groups excluding carboxylic acids is 4. The number of nitrogens with zero attached hydrogens (tertiary/aromatic N) is 3. The zero-order valence-electron chi connectivity index (χ0n) is 32.8. The summed E-state index contributed by atoms with van der Waals surface area (Å²) in [6, 6.07) is 3.01. The normalized spacial score (nSPS) is 22.5. The Morgan fingerprint density at radius 3 is 2.42 bits per heavy atom. The quantitative estimate of drug-likeness (QED) is 0.141. The Hall–Kier alpha value is -4.77. The second kappa shape index (κ2) is 16.6. The third-order valence-corrected chi connectivity index (χ3v) is 12.2. The maximum atomic E-state index is 14.6. The number of anilines is 1. The van der Waals surface area contributed by atoms with Gasteiger partial charge in [0, 0.05) is 35.1 Å². The van der Waals surface area contributed by atoms with Gasteiger partial charge in [0.2, 0.25) is 17.7 Å². The molecule has 0 radical (unpaired) electrons. The molecule has 17 heteroatoms. The van der Waals surface area contributed by atoms with Crippen LogP contribution in [0.3, 0.4) is 0 Å². The molecular weight excluding hydrogens is 820 g/mol. The molecule has 3 fully saturated rings. The number of thiazole rings is 1. The number of carboxylic acid groups (broad SMARTS) is 1. The van der Waals surface area contributed by atoms with Gasteiger partial charge in [0.15, 0.2) is 5.13 Å². The van der Waals surface area contributed by atoms with E-state index in [2.05, 4.69) is 43.4 Å². The number of aliphatic carboxylic acids is 1. The molecule has 57 heavy (non-hydrogen) atoms. The van der Waals surface area contributed by atoms with Gasteiger partial charge in [0.05, 0.1) is 29.3 Å². The summed E-state index contributed by atoms with van der Waals surface area (Å²) >= 11 is 4.87. The van der Waals surface area contributed by atoms with Crippen LogP contribution in [0.25, 0.3) is 22.3 Å². The average Bonchev–Trinajstić information content (AvgIpc) is 3.57. The van der Waals surface area contributed by atoms with E-state index in [1.165, 1.54) is 29.4 Å². The largest absolute Gasteiger partial charge is 0.495 e. The SMILES string of the molecule is C=CC1C[C@]1(NC(=O)C1CC(Oc2cc(-c3csc(NC(=O)C(C)C)n3)nc3c(Br)c(OC)ccc23)CN1C(=O)C(NC(=O)OC1CCCC1)C(C)(C)C)C(=O)O. The van der Waals surface area contributed by atoms with Crippen molar-refractivity contribution in [1.82, 2.24) is 25.5 Å². The highest BCUT2D eigenvalue weighted by Gasteiger charge is 2.61. The lowest BCUT2D eigenvalue weighted by Gasteiger charge is -2.35. The van der Waals surface area contributed by atoms with Crippen molar-refractivity contribution in [3.05, 3.63) is 40.7 Å². The zero-order valence-corrected chi connectivity index (χ0v) is 35.3. The highest BCUT2D eigenvalue weighted by Crippen LogP contribution is 2.45. The Bertz CT molecular complexity index is 2080. The lowest BCUT2D eigenvalue weighted by atomic mass is 9.85. The van der Waals surface area contributed by atoms with Gasteiger partial charge in [-0.05, 0) is 65.6 Å². The molecule has 1 saturated heterocycles. The molecule has 1 aliphatic heterocycles. The van der Waals surface area contributed by atoms with Crippen molar-refractivity contribution in [1.29, 1.82) is 0 Å². The number of halogens is 1. The van der Waals surface area contributed by atoms with Crippen molar-refractivity contribution in [2.24, 2.45) is 17.3 Å². The van der Waals surface area contributed by atoms with Crippen molar-refractivity contribution in [2.45, 2.75) is 103 Å². The monoisotopic (exact) mass is 868 g/mol. The van der Waals surface area contributed by atoms with Gasteiger partial charge in [0.25, 0.3) is 0 Å². The second-order valence-corrected chi connectivity index (χ2v) is 17.9. The number of nitrogens with one attached hydrogen (secondary N) is 3. The number of fused-ring (bicyclic) bond motifs is 1. The molecule has 6 rings (SSSR count). The van der Waals surface area contributed by atoms with Crippen molar-refractivity contribution in [3.63, 3.8) is 0 Å². The molecule has 3 heterocycles. The third-order valence-electron chi connectivity index (χ3n) is 10.7. The number of benzene rings is 1. The summed E-state index contributed by atoms with van der Waals surface area (Å²) in [7, 11) is 1.54. The minimum absolute atomic E-state index is 0.00791. The van der Waals surface area contributed by atoms with Gasteiger partial charge >= 0.3 is 12.1 Å². The van der Waals surface area contributed by atoms with E-state index in [-0.39, 0.29) is 37.3 Å². The first-order valence-electron chi connectivity index (χ1n) is 19.0. The molecule has 306 valence electrons. The summed E-state index contributed by atoms with van der Waals surface area (Å²) in [6.45, 7) is 12.6. The number of methoxy groups -OCH3 is 1. The minimum Gasteiger partial charge on any atom is -0.495 e. The van der Waals surface area contributed by atoms with E-state index in [9.17, 15) is 29.1 Å². The van der Waals surface area contributed by atoms with E-state index in [1.54, 1.807) is 58.2 Å². The van der Waals surface area contributed by atoms with Crippen LogP contribution in [-0.4, -0.2) is 93.2 Å². The fraction of sp³-hybridized carbons (Fsp3) is 0.525. The van der Waals surface area contributed by atoms with Crippen molar-refractivity contribution < 1.29 is 43.3 Å². The number of ether oxygens (including phenoxy) is 3. The van der Waals surface area contributed by atoms with Crippen molar-refractivity contribution in [2.75, 3.05) is 19.0 Å². The number of rotatable bonds is 13. The van der Waals surface area contributed by atoms with E-state index in [0.717, 1.165) is 25.7 Å². The number of alkyl carbamates (subject to hydrolysis) is 1. The summed E-state index contributed by atoms with van der Waals surface area (Å²) < 4.78 is 18.5. The number of aromatic nitrogens is 2. The highest BCUT2D eigenvalue weighted by molar-refractivity contribution is 9.10. The zero-order chi connectivity index (χ0) is 41.4. The van der Waals surface area contributed by atoms with Crippen LogP contribution in [0.5, 0.6) is 11.5 Å². The molecule has 3 aromatic rings. The number of carboxylic acids is 1. The van der Waals surface area contributed by atoms with Gasteiger partial charge < -0.3 is 40.2 Å². The van der Waals surface area contributed by atoms with Crippen LogP contribution in [0, 0.1) is 17.3 Å².